The van der Waals surface area contributed by atoms with Crippen molar-refractivity contribution < 1.29 is 14.3 Å². The molecule has 2 aromatic heterocycles. The third-order valence-electron chi connectivity index (χ3n) is 3.10. The lowest BCUT2D eigenvalue weighted by Gasteiger charge is -2.05. The van der Waals surface area contributed by atoms with E-state index in [1.165, 1.54) is 12.5 Å². The van der Waals surface area contributed by atoms with Crippen LogP contribution in [0, 0.1) is 6.92 Å². The SMILES string of the molecule is Cc1cc(Br)ccc1-n1cc(C(=O)O)c(-c2ccco2)n1. The van der Waals surface area contributed by atoms with Gasteiger partial charge < -0.3 is 9.52 Å². The van der Waals surface area contributed by atoms with Crippen LogP contribution in [0.2, 0.25) is 0 Å². The molecule has 0 bridgehead atoms. The van der Waals surface area contributed by atoms with Crippen molar-refractivity contribution in [2.24, 2.45) is 0 Å². The van der Waals surface area contributed by atoms with Crippen LogP contribution >= 0.6 is 15.9 Å². The summed E-state index contributed by atoms with van der Waals surface area (Å²) in [6.07, 6.45) is 2.99. The number of benzene rings is 1. The van der Waals surface area contributed by atoms with Crippen LogP contribution in [0.1, 0.15) is 15.9 Å². The molecule has 0 aliphatic rings. The minimum atomic E-state index is -1.04. The number of carbonyl (C=O) groups is 1. The third kappa shape index (κ3) is 2.50. The van der Waals surface area contributed by atoms with Crippen LogP contribution < -0.4 is 0 Å². The van der Waals surface area contributed by atoms with Crippen molar-refractivity contribution in [3.63, 3.8) is 0 Å². The van der Waals surface area contributed by atoms with Gasteiger partial charge in [0, 0.05) is 10.7 Å². The molecule has 0 saturated carbocycles. The lowest BCUT2D eigenvalue weighted by atomic mass is 10.2. The largest absolute Gasteiger partial charge is 0.478 e. The van der Waals surface area contributed by atoms with Crippen LogP contribution in [0.5, 0.6) is 0 Å². The molecule has 0 aliphatic carbocycles. The Hall–Kier alpha value is -2.34. The van der Waals surface area contributed by atoms with E-state index in [4.69, 9.17) is 4.42 Å². The Labute approximate surface area is 129 Å². The molecular weight excluding hydrogens is 336 g/mol. The summed E-state index contributed by atoms with van der Waals surface area (Å²) in [5.74, 6) is -0.608. The Kier molecular flexibility index (Phi) is 3.39. The lowest BCUT2D eigenvalue weighted by molar-refractivity contribution is 0.0697. The van der Waals surface area contributed by atoms with E-state index in [0.29, 0.717) is 11.5 Å². The Bertz CT molecular complexity index is 806. The molecule has 3 aromatic rings. The van der Waals surface area contributed by atoms with Crippen LogP contribution in [0.15, 0.2) is 51.7 Å². The number of halogens is 1. The number of hydrogen-bond donors (Lipinski definition) is 1. The number of aromatic nitrogens is 2. The molecule has 1 aromatic carbocycles. The van der Waals surface area contributed by atoms with Crippen molar-refractivity contribution in [1.82, 2.24) is 9.78 Å². The summed E-state index contributed by atoms with van der Waals surface area (Å²) in [5, 5.41) is 13.7. The number of aromatic carboxylic acids is 1. The number of nitrogens with zero attached hydrogens (tertiary/aromatic N) is 2. The second-order valence-electron chi connectivity index (χ2n) is 4.55. The lowest BCUT2D eigenvalue weighted by Crippen LogP contribution is -1.98. The van der Waals surface area contributed by atoms with Crippen molar-refractivity contribution in [2.45, 2.75) is 6.92 Å². The summed E-state index contributed by atoms with van der Waals surface area (Å²) in [7, 11) is 0. The maximum absolute atomic E-state index is 11.4. The van der Waals surface area contributed by atoms with Crippen molar-refractivity contribution >= 4 is 21.9 Å². The van der Waals surface area contributed by atoms with Crippen molar-refractivity contribution in [2.75, 3.05) is 0 Å². The van der Waals surface area contributed by atoms with Gasteiger partial charge in [0.25, 0.3) is 0 Å². The van der Waals surface area contributed by atoms with Gasteiger partial charge in [0.2, 0.25) is 0 Å². The monoisotopic (exact) mass is 346 g/mol. The summed E-state index contributed by atoms with van der Waals surface area (Å²) < 4.78 is 7.78. The molecule has 0 spiro atoms. The normalized spacial score (nSPS) is 10.8. The molecule has 0 amide bonds. The second-order valence-corrected chi connectivity index (χ2v) is 5.46. The maximum Gasteiger partial charge on any atom is 0.339 e. The second kappa shape index (κ2) is 5.21. The fourth-order valence-corrected chi connectivity index (χ4v) is 2.60. The number of carboxylic acid groups (broad SMARTS) is 1. The number of hydrogen-bond acceptors (Lipinski definition) is 3. The Morgan fingerprint density at radius 2 is 2.19 bits per heavy atom. The first-order valence-corrected chi connectivity index (χ1v) is 6.99. The summed E-state index contributed by atoms with van der Waals surface area (Å²) in [5.41, 5.74) is 2.22. The molecule has 6 heteroatoms. The predicted octanol–water partition coefficient (Wildman–Crippen LogP) is 3.90. The van der Waals surface area contributed by atoms with Crippen molar-refractivity contribution in [3.05, 3.63) is 58.4 Å². The molecule has 1 N–H and O–H groups in total. The predicted molar refractivity (Wildman–Crippen MR) is 80.7 cm³/mol. The van der Waals surface area contributed by atoms with Crippen LogP contribution in [-0.2, 0) is 0 Å². The van der Waals surface area contributed by atoms with Gasteiger partial charge in [-0.25, -0.2) is 9.48 Å². The summed E-state index contributed by atoms with van der Waals surface area (Å²) in [6.45, 7) is 1.94. The minimum Gasteiger partial charge on any atom is -0.478 e. The van der Waals surface area contributed by atoms with Gasteiger partial charge in [0.05, 0.1) is 12.0 Å². The highest BCUT2D eigenvalue weighted by atomic mass is 79.9. The molecule has 0 saturated heterocycles. The van der Waals surface area contributed by atoms with Gasteiger partial charge in [-0.2, -0.15) is 5.10 Å². The average molecular weight is 347 g/mol. The average Bonchev–Trinajstić information content (AvgIpc) is 3.07. The Morgan fingerprint density at radius 3 is 2.81 bits per heavy atom. The number of aryl methyl sites for hydroxylation is 1. The van der Waals surface area contributed by atoms with E-state index in [0.717, 1.165) is 15.7 Å². The summed E-state index contributed by atoms with van der Waals surface area (Å²) in [6, 6.07) is 9.10. The standard InChI is InChI=1S/C15H11BrN2O3/c1-9-7-10(16)4-5-12(9)18-8-11(15(19)20)14(17-18)13-3-2-6-21-13/h2-8H,1H3,(H,19,20). The highest BCUT2D eigenvalue weighted by Crippen LogP contribution is 2.26. The Balaban J connectivity index is 2.17. The van der Waals surface area contributed by atoms with Crippen molar-refractivity contribution in [3.8, 4) is 17.1 Å². The first kappa shape index (κ1) is 13.6. The van der Waals surface area contributed by atoms with Crippen LogP contribution in [-0.4, -0.2) is 20.9 Å². The van der Waals surface area contributed by atoms with Gasteiger partial charge in [-0.05, 0) is 42.8 Å². The van der Waals surface area contributed by atoms with Gasteiger partial charge in [-0.15, -0.1) is 0 Å². The summed E-state index contributed by atoms with van der Waals surface area (Å²) in [4.78, 5) is 11.4. The van der Waals surface area contributed by atoms with Gasteiger partial charge in [-0.1, -0.05) is 15.9 Å². The molecular formula is C15H11BrN2O3. The minimum absolute atomic E-state index is 0.104. The number of carboxylic acids is 1. The van der Waals surface area contributed by atoms with E-state index in [1.807, 2.05) is 25.1 Å². The molecule has 5 nitrogen and oxygen atoms in total. The van der Waals surface area contributed by atoms with E-state index in [9.17, 15) is 9.90 Å². The molecule has 0 atom stereocenters. The zero-order chi connectivity index (χ0) is 15.0. The molecule has 0 radical (unpaired) electrons. The fourth-order valence-electron chi connectivity index (χ4n) is 2.13. The molecule has 21 heavy (non-hydrogen) atoms. The van der Waals surface area contributed by atoms with Crippen LogP contribution in [0.4, 0.5) is 0 Å². The Morgan fingerprint density at radius 1 is 1.38 bits per heavy atom. The molecule has 0 unspecified atom stereocenters. The molecule has 3 rings (SSSR count). The van der Waals surface area contributed by atoms with Crippen molar-refractivity contribution in [1.29, 1.82) is 0 Å². The van der Waals surface area contributed by atoms with E-state index in [2.05, 4.69) is 21.0 Å². The number of rotatable bonds is 3. The van der Waals surface area contributed by atoms with E-state index in [1.54, 1.807) is 16.8 Å². The highest BCUT2D eigenvalue weighted by Gasteiger charge is 2.20. The van der Waals surface area contributed by atoms with Gasteiger partial charge in [0.15, 0.2) is 5.76 Å². The summed E-state index contributed by atoms with van der Waals surface area (Å²) >= 11 is 3.40. The topological polar surface area (TPSA) is 68.3 Å². The first-order valence-electron chi connectivity index (χ1n) is 6.19. The zero-order valence-electron chi connectivity index (χ0n) is 11.1. The maximum atomic E-state index is 11.4. The first-order chi connectivity index (χ1) is 10.1. The van der Waals surface area contributed by atoms with Gasteiger partial charge in [0.1, 0.15) is 11.3 Å². The van der Waals surface area contributed by atoms with Crippen LogP contribution in [0.25, 0.3) is 17.1 Å². The molecule has 0 fully saturated rings. The van der Waals surface area contributed by atoms with E-state index >= 15 is 0 Å². The van der Waals surface area contributed by atoms with Crippen LogP contribution in [0.3, 0.4) is 0 Å². The molecule has 106 valence electrons. The smallest absolute Gasteiger partial charge is 0.339 e. The quantitative estimate of drug-likeness (QED) is 0.780. The van der Waals surface area contributed by atoms with Gasteiger partial charge >= 0.3 is 5.97 Å². The van der Waals surface area contributed by atoms with E-state index in [-0.39, 0.29) is 5.56 Å². The molecule has 2 heterocycles. The zero-order valence-corrected chi connectivity index (χ0v) is 12.7. The fraction of sp³-hybridized carbons (Fsp3) is 0.0667. The molecule has 0 aliphatic heterocycles. The van der Waals surface area contributed by atoms with E-state index < -0.39 is 5.97 Å². The van der Waals surface area contributed by atoms with Gasteiger partial charge in [-0.3, -0.25) is 0 Å². The third-order valence-corrected chi connectivity index (χ3v) is 3.60. The highest BCUT2D eigenvalue weighted by molar-refractivity contribution is 9.10. The number of furan rings is 1.